The summed E-state index contributed by atoms with van der Waals surface area (Å²) in [6.45, 7) is 0. The molecular weight excluding hydrogens is 368 g/mol. The van der Waals surface area contributed by atoms with Gasteiger partial charge in [-0.2, -0.15) is 0 Å². The fraction of sp³-hybridized carbons (Fsp3) is 0.167. The molecule has 1 unspecified atom stereocenters. The summed E-state index contributed by atoms with van der Waals surface area (Å²) in [7, 11) is 0. The number of aliphatic hydroxyl groups excluding tert-OH is 1. The summed E-state index contributed by atoms with van der Waals surface area (Å²) in [6, 6.07) is 9.72. The van der Waals surface area contributed by atoms with Crippen molar-refractivity contribution in [2.75, 3.05) is 5.75 Å². The summed E-state index contributed by atoms with van der Waals surface area (Å²) in [5, 5.41) is 9.98. The number of benzene rings is 1. The van der Waals surface area contributed by atoms with Gasteiger partial charge in [-0.05, 0) is 50.1 Å². The highest BCUT2D eigenvalue weighted by atomic mass is 79.9. The van der Waals surface area contributed by atoms with Crippen molar-refractivity contribution in [2.45, 2.75) is 11.0 Å². The summed E-state index contributed by atoms with van der Waals surface area (Å²) < 4.78 is 7.06. The monoisotopic (exact) mass is 376 g/mol. The molecule has 2 nitrogen and oxygen atoms in total. The van der Waals surface area contributed by atoms with Crippen LogP contribution in [0.3, 0.4) is 0 Å². The molecule has 0 spiro atoms. The SMILES string of the molecule is OC(CSc1ccccc1Br)c1occc1Br. The highest BCUT2D eigenvalue weighted by Gasteiger charge is 2.15. The lowest BCUT2D eigenvalue weighted by Gasteiger charge is -2.09. The Bertz CT molecular complexity index is 499. The summed E-state index contributed by atoms with van der Waals surface area (Å²) in [5.74, 6) is 1.12. The third kappa shape index (κ3) is 3.37. The zero-order valence-electron chi connectivity index (χ0n) is 8.77. The molecule has 0 saturated carbocycles. The Labute approximate surface area is 121 Å². The normalized spacial score (nSPS) is 12.6. The third-order valence-corrected chi connectivity index (χ3v) is 4.94. The van der Waals surface area contributed by atoms with Gasteiger partial charge in [0, 0.05) is 15.1 Å². The van der Waals surface area contributed by atoms with Gasteiger partial charge in [0.25, 0.3) is 0 Å². The molecule has 1 N–H and O–H groups in total. The Kier molecular flexibility index (Phi) is 4.73. The van der Waals surface area contributed by atoms with E-state index in [9.17, 15) is 5.11 Å². The van der Waals surface area contributed by atoms with Gasteiger partial charge >= 0.3 is 0 Å². The van der Waals surface area contributed by atoms with Crippen molar-refractivity contribution in [3.8, 4) is 0 Å². The van der Waals surface area contributed by atoms with Crippen molar-refractivity contribution >= 4 is 43.6 Å². The summed E-state index contributed by atoms with van der Waals surface area (Å²) in [6.07, 6.45) is 0.947. The Morgan fingerprint density at radius 1 is 1.18 bits per heavy atom. The molecular formula is C12H10Br2O2S. The minimum absolute atomic E-state index is 0.550. The first kappa shape index (κ1) is 13.2. The van der Waals surface area contributed by atoms with Crippen LogP contribution in [0.4, 0.5) is 0 Å². The number of thioether (sulfide) groups is 1. The molecule has 1 aromatic heterocycles. The Morgan fingerprint density at radius 2 is 1.94 bits per heavy atom. The molecule has 0 fully saturated rings. The van der Waals surface area contributed by atoms with Crippen molar-refractivity contribution in [2.24, 2.45) is 0 Å². The van der Waals surface area contributed by atoms with Crippen LogP contribution in [-0.4, -0.2) is 10.9 Å². The summed E-state index contributed by atoms with van der Waals surface area (Å²) >= 11 is 8.39. The smallest absolute Gasteiger partial charge is 0.147 e. The van der Waals surface area contributed by atoms with Crippen molar-refractivity contribution in [3.05, 3.63) is 51.3 Å². The van der Waals surface area contributed by atoms with E-state index in [0.29, 0.717) is 11.5 Å². The van der Waals surface area contributed by atoms with E-state index in [1.54, 1.807) is 24.1 Å². The minimum Gasteiger partial charge on any atom is -0.465 e. The van der Waals surface area contributed by atoms with Crippen LogP contribution >= 0.6 is 43.6 Å². The van der Waals surface area contributed by atoms with Crippen LogP contribution < -0.4 is 0 Å². The highest BCUT2D eigenvalue weighted by Crippen LogP contribution is 2.32. The molecule has 1 heterocycles. The summed E-state index contributed by atoms with van der Waals surface area (Å²) in [5.41, 5.74) is 0. The number of hydrogen-bond acceptors (Lipinski definition) is 3. The molecule has 0 aliphatic carbocycles. The van der Waals surface area contributed by atoms with Gasteiger partial charge in [0.2, 0.25) is 0 Å². The van der Waals surface area contributed by atoms with Crippen LogP contribution in [0.1, 0.15) is 11.9 Å². The molecule has 0 saturated heterocycles. The predicted molar refractivity (Wildman–Crippen MR) is 76.2 cm³/mol. The number of halogens is 2. The Balaban J connectivity index is 2.00. The molecule has 0 aliphatic heterocycles. The molecule has 17 heavy (non-hydrogen) atoms. The molecule has 0 aliphatic rings. The maximum atomic E-state index is 9.98. The quantitative estimate of drug-likeness (QED) is 0.788. The van der Waals surface area contributed by atoms with Crippen molar-refractivity contribution in [1.29, 1.82) is 0 Å². The van der Waals surface area contributed by atoms with Crippen LogP contribution in [0.5, 0.6) is 0 Å². The van der Waals surface area contributed by atoms with Gasteiger partial charge in [-0.3, -0.25) is 0 Å². The molecule has 0 amide bonds. The molecule has 5 heteroatoms. The van der Waals surface area contributed by atoms with Gasteiger partial charge in [-0.15, -0.1) is 11.8 Å². The molecule has 1 atom stereocenters. The second-order valence-corrected chi connectivity index (χ2v) is 6.16. The van der Waals surface area contributed by atoms with Gasteiger partial charge in [-0.1, -0.05) is 12.1 Å². The van der Waals surface area contributed by atoms with Crippen molar-refractivity contribution in [1.82, 2.24) is 0 Å². The maximum Gasteiger partial charge on any atom is 0.147 e. The minimum atomic E-state index is -0.614. The number of furan rings is 1. The first-order chi connectivity index (χ1) is 8.18. The van der Waals surface area contributed by atoms with Gasteiger partial charge in [-0.25, -0.2) is 0 Å². The van der Waals surface area contributed by atoms with E-state index in [1.807, 2.05) is 24.3 Å². The average Bonchev–Trinajstić information content (AvgIpc) is 2.74. The lowest BCUT2D eigenvalue weighted by molar-refractivity contribution is 0.173. The van der Waals surface area contributed by atoms with E-state index in [-0.39, 0.29) is 0 Å². The molecule has 2 aromatic rings. The Morgan fingerprint density at radius 3 is 2.59 bits per heavy atom. The van der Waals surface area contributed by atoms with E-state index in [0.717, 1.165) is 13.8 Å². The molecule has 0 bridgehead atoms. The van der Waals surface area contributed by atoms with Gasteiger partial charge in [0.15, 0.2) is 0 Å². The van der Waals surface area contributed by atoms with Crippen LogP contribution in [0.25, 0.3) is 0 Å². The number of aliphatic hydroxyl groups is 1. The number of rotatable bonds is 4. The fourth-order valence-corrected chi connectivity index (χ4v) is 3.31. The molecule has 90 valence electrons. The van der Waals surface area contributed by atoms with E-state index in [1.165, 1.54) is 0 Å². The van der Waals surface area contributed by atoms with E-state index < -0.39 is 6.10 Å². The molecule has 0 radical (unpaired) electrons. The fourth-order valence-electron chi connectivity index (χ4n) is 1.35. The third-order valence-electron chi connectivity index (χ3n) is 2.18. The average molecular weight is 378 g/mol. The lowest BCUT2D eigenvalue weighted by Crippen LogP contribution is -1.99. The predicted octanol–water partition coefficient (Wildman–Crippen LogP) is 4.63. The lowest BCUT2D eigenvalue weighted by atomic mass is 10.3. The highest BCUT2D eigenvalue weighted by molar-refractivity contribution is 9.10. The van der Waals surface area contributed by atoms with E-state index >= 15 is 0 Å². The molecule has 1 aromatic carbocycles. The molecule has 2 rings (SSSR count). The zero-order valence-corrected chi connectivity index (χ0v) is 12.8. The van der Waals surface area contributed by atoms with Gasteiger partial charge in [0.1, 0.15) is 11.9 Å². The second kappa shape index (κ2) is 6.09. The van der Waals surface area contributed by atoms with Crippen molar-refractivity contribution in [3.63, 3.8) is 0 Å². The van der Waals surface area contributed by atoms with Gasteiger partial charge in [0.05, 0.1) is 10.7 Å². The zero-order chi connectivity index (χ0) is 12.3. The van der Waals surface area contributed by atoms with Crippen LogP contribution in [0.15, 0.2) is 54.9 Å². The topological polar surface area (TPSA) is 33.4 Å². The van der Waals surface area contributed by atoms with E-state index in [4.69, 9.17) is 4.42 Å². The second-order valence-electron chi connectivity index (χ2n) is 3.39. The standard InChI is InChI=1S/C12H10Br2O2S/c13-8-3-1-2-4-11(8)17-7-10(15)12-9(14)5-6-16-12/h1-6,10,15H,7H2. The Hall–Kier alpha value is -0.230. The van der Waals surface area contributed by atoms with Crippen LogP contribution in [0.2, 0.25) is 0 Å². The van der Waals surface area contributed by atoms with Crippen LogP contribution in [0, 0.1) is 0 Å². The first-order valence-corrected chi connectivity index (χ1v) is 7.54. The van der Waals surface area contributed by atoms with Crippen molar-refractivity contribution < 1.29 is 9.52 Å². The first-order valence-electron chi connectivity index (χ1n) is 4.97. The van der Waals surface area contributed by atoms with E-state index in [2.05, 4.69) is 31.9 Å². The van der Waals surface area contributed by atoms with Crippen LogP contribution in [-0.2, 0) is 0 Å². The largest absolute Gasteiger partial charge is 0.465 e. The van der Waals surface area contributed by atoms with Gasteiger partial charge < -0.3 is 9.52 Å². The summed E-state index contributed by atoms with van der Waals surface area (Å²) in [4.78, 5) is 1.11. The number of hydrogen-bond donors (Lipinski definition) is 1. The maximum absolute atomic E-state index is 9.98.